The molecule has 0 bridgehead atoms. The van der Waals surface area contributed by atoms with E-state index in [0.717, 1.165) is 31.1 Å². The number of rotatable bonds is 8. The number of unbranched alkanes of at least 4 members (excludes halogenated alkanes) is 2. The average molecular weight is 445 g/mol. The van der Waals surface area contributed by atoms with E-state index in [-0.39, 0.29) is 28.7 Å². The number of nitrogens with zero attached hydrogens (tertiary/aromatic N) is 2. The van der Waals surface area contributed by atoms with Crippen LogP contribution in [0.2, 0.25) is 0 Å². The molecule has 2 N–H and O–H groups in total. The molecule has 4 rings (SSSR count). The quantitative estimate of drug-likeness (QED) is 0.472. The van der Waals surface area contributed by atoms with Crippen molar-refractivity contribution in [2.24, 2.45) is 0 Å². The van der Waals surface area contributed by atoms with Crippen molar-refractivity contribution in [1.29, 1.82) is 0 Å². The number of para-hydroxylation sites is 1. The normalized spacial score (nSPS) is 13.0. The van der Waals surface area contributed by atoms with Crippen molar-refractivity contribution in [2.45, 2.75) is 39.5 Å². The highest BCUT2D eigenvalue weighted by atomic mass is 16.3. The van der Waals surface area contributed by atoms with Crippen LogP contribution in [-0.4, -0.2) is 44.9 Å². The van der Waals surface area contributed by atoms with Crippen LogP contribution in [0.5, 0.6) is 5.75 Å². The summed E-state index contributed by atoms with van der Waals surface area (Å²) in [6, 6.07) is 13.5. The van der Waals surface area contributed by atoms with Gasteiger partial charge >= 0.3 is 0 Å². The van der Waals surface area contributed by atoms with Gasteiger partial charge in [0.15, 0.2) is 5.78 Å². The second-order valence-electron chi connectivity index (χ2n) is 8.36. The van der Waals surface area contributed by atoms with Crippen molar-refractivity contribution >= 4 is 33.9 Å². The molecule has 0 atom stereocenters. The molecule has 0 radical (unpaired) electrons. The number of carbonyl (C=O) groups excluding carboxylic acids is 2. The zero-order chi connectivity index (χ0) is 23.5. The molecule has 170 valence electrons. The predicted molar refractivity (Wildman–Crippen MR) is 129 cm³/mol. The Kier molecular flexibility index (Phi) is 6.45. The molecular weight excluding hydrogens is 416 g/mol. The Morgan fingerprint density at radius 1 is 0.939 bits per heavy atom. The molecule has 1 amide bonds. The number of aliphatic hydroxyl groups excluding tert-OH is 1. The summed E-state index contributed by atoms with van der Waals surface area (Å²) in [5.74, 6) is -0.983. The number of allylic oxidation sites excluding steroid dienone is 1. The number of Topliss-reactive ketones (excluding diaryl/α,β-unsaturated/α-hetero) is 1. The number of aliphatic hydroxyl groups is 1. The van der Waals surface area contributed by atoms with Crippen molar-refractivity contribution in [3.63, 3.8) is 0 Å². The number of benzene rings is 2. The van der Waals surface area contributed by atoms with Crippen molar-refractivity contribution in [3.05, 3.63) is 70.9 Å². The van der Waals surface area contributed by atoms with Crippen LogP contribution >= 0.6 is 0 Å². The summed E-state index contributed by atoms with van der Waals surface area (Å²) in [5.41, 5.74) is 1.60. The number of hydrogen-bond donors (Lipinski definition) is 2. The number of amides is 1. The summed E-state index contributed by atoms with van der Waals surface area (Å²) < 4.78 is 0. The van der Waals surface area contributed by atoms with E-state index in [1.54, 1.807) is 24.3 Å². The highest BCUT2D eigenvalue weighted by Gasteiger charge is 2.34. The van der Waals surface area contributed by atoms with E-state index in [1.807, 2.05) is 23.1 Å². The second kappa shape index (κ2) is 9.45. The topological polar surface area (TPSA) is 90.7 Å². The van der Waals surface area contributed by atoms with E-state index in [0.29, 0.717) is 35.3 Å². The summed E-state index contributed by atoms with van der Waals surface area (Å²) in [4.78, 5) is 32.6. The maximum Gasteiger partial charge on any atom is 0.253 e. The van der Waals surface area contributed by atoms with Gasteiger partial charge in [-0.1, -0.05) is 44.9 Å². The van der Waals surface area contributed by atoms with Crippen molar-refractivity contribution in [1.82, 2.24) is 9.88 Å². The van der Waals surface area contributed by atoms with Crippen LogP contribution < -0.4 is 0 Å². The predicted octanol–water partition coefficient (Wildman–Crippen LogP) is 5.61. The van der Waals surface area contributed by atoms with Gasteiger partial charge in [0.05, 0.1) is 11.1 Å². The van der Waals surface area contributed by atoms with Crippen LogP contribution in [-0.2, 0) is 0 Å². The Bertz CT molecular complexity index is 1250. The molecule has 0 unspecified atom stereocenters. The van der Waals surface area contributed by atoms with Gasteiger partial charge in [-0.05, 0) is 43.2 Å². The first-order valence-electron chi connectivity index (χ1n) is 11.5. The molecule has 0 saturated carbocycles. The minimum atomic E-state index is -0.423. The van der Waals surface area contributed by atoms with E-state index in [1.165, 1.54) is 6.07 Å². The molecule has 0 saturated heterocycles. The molecule has 6 nitrogen and oxygen atoms in total. The number of pyridine rings is 1. The minimum absolute atomic E-state index is 0.0350. The number of fused-ring (bicyclic) bond motifs is 2. The van der Waals surface area contributed by atoms with Crippen LogP contribution in [0, 0.1) is 0 Å². The van der Waals surface area contributed by atoms with Gasteiger partial charge in [0.1, 0.15) is 17.2 Å². The van der Waals surface area contributed by atoms with Crippen LogP contribution in [0.3, 0.4) is 0 Å². The fraction of sp³-hybridized carbons (Fsp3) is 0.296. The molecule has 1 heterocycles. The SMILES string of the molecule is CCCCN(CCCC)C(=O)c1ccc2c(c1)C(O)=C(c1nc3ccccc3cc1O)C2=O. The lowest BCUT2D eigenvalue weighted by Crippen LogP contribution is -2.33. The standard InChI is InChI=1S/C27H28N2O4/c1-3-5-13-29(14-6-4-2)27(33)18-11-12-19-20(15-18)26(32)23(25(19)31)24-22(30)16-17-9-7-8-10-21(17)28-24/h7-12,15-16,30,32H,3-6,13-14H2,1-2H3. The number of aromatic hydroxyl groups is 1. The van der Waals surface area contributed by atoms with Crippen molar-refractivity contribution in [2.75, 3.05) is 13.1 Å². The fourth-order valence-electron chi connectivity index (χ4n) is 4.15. The largest absolute Gasteiger partial charge is 0.506 e. The van der Waals surface area contributed by atoms with Gasteiger partial charge in [-0.25, -0.2) is 4.98 Å². The summed E-state index contributed by atoms with van der Waals surface area (Å²) in [5, 5.41) is 22.2. The maximum absolute atomic E-state index is 13.2. The Hall–Kier alpha value is -3.67. The summed E-state index contributed by atoms with van der Waals surface area (Å²) in [6.07, 6.45) is 3.82. The summed E-state index contributed by atoms with van der Waals surface area (Å²) >= 11 is 0. The lowest BCUT2D eigenvalue weighted by atomic mass is 10.0. The zero-order valence-electron chi connectivity index (χ0n) is 19.0. The first-order chi connectivity index (χ1) is 16.0. The molecule has 1 aliphatic rings. The van der Waals surface area contributed by atoms with Gasteiger partial charge in [-0.3, -0.25) is 9.59 Å². The molecule has 0 spiro atoms. The van der Waals surface area contributed by atoms with Gasteiger partial charge in [-0.15, -0.1) is 0 Å². The van der Waals surface area contributed by atoms with Crippen LogP contribution in [0.15, 0.2) is 48.5 Å². The van der Waals surface area contributed by atoms with Crippen molar-refractivity contribution < 1.29 is 19.8 Å². The van der Waals surface area contributed by atoms with Gasteiger partial charge in [0.2, 0.25) is 0 Å². The van der Waals surface area contributed by atoms with E-state index in [4.69, 9.17) is 0 Å². The molecular formula is C27H28N2O4. The number of ketones is 1. The number of carbonyl (C=O) groups is 2. The highest BCUT2D eigenvalue weighted by Crippen LogP contribution is 2.40. The lowest BCUT2D eigenvalue weighted by molar-refractivity contribution is 0.0750. The van der Waals surface area contributed by atoms with E-state index >= 15 is 0 Å². The highest BCUT2D eigenvalue weighted by molar-refractivity contribution is 6.39. The Morgan fingerprint density at radius 2 is 1.64 bits per heavy atom. The first-order valence-corrected chi connectivity index (χ1v) is 11.5. The Morgan fingerprint density at radius 3 is 2.33 bits per heavy atom. The molecule has 0 aliphatic heterocycles. The minimum Gasteiger partial charge on any atom is -0.506 e. The molecule has 0 fully saturated rings. The number of hydrogen-bond acceptors (Lipinski definition) is 5. The van der Waals surface area contributed by atoms with Gasteiger partial charge in [0.25, 0.3) is 5.91 Å². The zero-order valence-corrected chi connectivity index (χ0v) is 19.0. The van der Waals surface area contributed by atoms with Crippen LogP contribution in [0.1, 0.15) is 71.5 Å². The average Bonchev–Trinajstić information content (AvgIpc) is 3.07. The van der Waals surface area contributed by atoms with Gasteiger partial charge < -0.3 is 15.1 Å². The first kappa shape index (κ1) is 22.5. The summed E-state index contributed by atoms with van der Waals surface area (Å²) in [6.45, 7) is 5.52. The van der Waals surface area contributed by atoms with Gasteiger partial charge in [0, 0.05) is 35.2 Å². The maximum atomic E-state index is 13.2. The Balaban J connectivity index is 1.73. The monoisotopic (exact) mass is 444 g/mol. The molecule has 1 aliphatic carbocycles. The fourth-order valence-corrected chi connectivity index (χ4v) is 4.15. The second-order valence-corrected chi connectivity index (χ2v) is 8.36. The van der Waals surface area contributed by atoms with Crippen LogP contribution in [0.4, 0.5) is 0 Å². The smallest absolute Gasteiger partial charge is 0.253 e. The molecule has 6 heteroatoms. The van der Waals surface area contributed by atoms with Crippen LogP contribution in [0.25, 0.3) is 22.2 Å². The van der Waals surface area contributed by atoms with E-state index < -0.39 is 5.78 Å². The summed E-state index contributed by atoms with van der Waals surface area (Å²) in [7, 11) is 0. The van der Waals surface area contributed by atoms with E-state index in [2.05, 4.69) is 18.8 Å². The third-order valence-electron chi connectivity index (χ3n) is 6.02. The molecule has 33 heavy (non-hydrogen) atoms. The van der Waals surface area contributed by atoms with E-state index in [9.17, 15) is 19.8 Å². The molecule has 2 aromatic carbocycles. The third-order valence-corrected chi connectivity index (χ3v) is 6.02. The van der Waals surface area contributed by atoms with Crippen molar-refractivity contribution in [3.8, 4) is 5.75 Å². The molecule has 3 aromatic rings. The molecule has 1 aromatic heterocycles. The van der Waals surface area contributed by atoms with Gasteiger partial charge in [-0.2, -0.15) is 0 Å². The Labute approximate surface area is 193 Å². The number of aromatic nitrogens is 1. The third kappa shape index (κ3) is 4.21. The lowest BCUT2D eigenvalue weighted by Gasteiger charge is -2.22.